The summed E-state index contributed by atoms with van der Waals surface area (Å²) >= 11 is 1.40. The second-order valence-corrected chi connectivity index (χ2v) is 9.76. The molecule has 0 amide bonds. The molecular formula is C29H16F3N5OS. The van der Waals surface area contributed by atoms with E-state index < -0.39 is 11.7 Å². The number of hydrogen-bond acceptors (Lipinski definition) is 6. The van der Waals surface area contributed by atoms with Gasteiger partial charge in [0.25, 0.3) is 0 Å². The van der Waals surface area contributed by atoms with Gasteiger partial charge < -0.3 is 4.42 Å². The number of halogens is 3. The highest BCUT2D eigenvalue weighted by atomic mass is 32.1. The zero-order valence-electron chi connectivity index (χ0n) is 19.9. The first-order valence-corrected chi connectivity index (χ1v) is 12.7. The first-order chi connectivity index (χ1) is 18.9. The molecule has 0 radical (unpaired) electrons. The number of pyridine rings is 1. The number of para-hydroxylation sites is 1. The smallest absolute Gasteiger partial charge is 0.416 e. The van der Waals surface area contributed by atoms with Gasteiger partial charge in [-0.25, -0.2) is 4.98 Å². The van der Waals surface area contributed by atoms with Crippen LogP contribution in [0.5, 0.6) is 0 Å². The van der Waals surface area contributed by atoms with Crippen LogP contribution in [0.1, 0.15) is 5.56 Å². The predicted molar refractivity (Wildman–Crippen MR) is 143 cm³/mol. The summed E-state index contributed by atoms with van der Waals surface area (Å²) in [5.74, 6) is 1.39. The predicted octanol–water partition coefficient (Wildman–Crippen LogP) is 8.01. The highest BCUT2D eigenvalue weighted by molar-refractivity contribution is 7.20. The molecule has 6 nitrogen and oxygen atoms in total. The van der Waals surface area contributed by atoms with Gasteiger partial charge in [0, 0.05) is 22.1 Å². The van der Waals surface area contributed by atoms with E-state index in [1.165, 1.54) is 17.4 Å². The highest BCUT2D eigenvalue weighted by Crippen LogP contribution is 2.37. The van der Waals surface area contributed by atoms with Crippen molar-refractivity contribution in [3.63, 3.8) is 0 Å². The average Bonchev–Trinajstić information content (AvgIpc) is 3.69. The fourth-order valence-corrected chi connectivity index (χ4v) is 5.32. The molecule has 4 aromatic heterocycles. The number of alkyl halides is 3. The molecule has 0 spiro atoms. The summed E-state index contributed by atoms with van der Waals surface area (Å²) in [5.41, 5.74) is 2.61. The van der Waals surface area contributed by atoms with Crippen molar-refractivity contribution >= 4 is 27.2 Å². The lowest BCUT2D eigenvalue weighted by Crippen LogP contribution is -2.04. The third-order valence-electron chi connectivity index (χ3n) is 6.30. The fraction of sp³-hybridized carbons (Fsp3) is 0.0345. The van der Waals surface area contributed by atoms with Gasteiger partial charge in [0.2, 0.25) is 4.96 Å². The Kier molecular flexibility index (Phi) is 5.31. The monoisotopic (exact) mass is 539 g/mol. The Balaban J connectivity index is 1.33. The SMILES string of the molecule is FC(F)(F)c1cccc(-c2ccc(-c3cc(-c4nn5c(-c6ccccc6)nnc5s4)c4ccccc4n3)o2)c1. The Morgan fingerprint density at radius 1 is 0.744 bits per heavy atom. The van der Waals surface area contributed by atoms with E-state index in [4.69, 9.17) is 14.5 Å². The molecule has 190 valence electrons. The largest absolute Gasteiger partial charge is 0.454 e. The van der Waals surface area contributed by atoms with Gasteiger partial charge in [-0.05, 0) is 36.4 Å². The zero-order chi connectivity index (χ0) is 26.6. The van der Waals surface area contributed by atoms with Crippen LogP contribution in [-0.2, 0) is 6.18 Å². The molecule has 0 aliphatic heterocycles. The zero-order valence-corrected chi connectivity index (χ0v) is 20.7. The summed E-state index contributed by atoms with van der Waals surface area (Å²) in [6.07, 6.45) is -4.44. The van der Waals surface area contributed by atoms with Crippen molar-refractivity contribution in [1.82, 2.24) is 24.8 Å². The van der Waals surface area contributed by atoms with Gasteiger partial charge in [0.15, 0.2) is 11.6 Å². The van der Waals surface area contributed by atoms with Crippen molar-refractivity contribution in [1.29, 1.82) is 0 Å². The molecule has 39 heavy (non-hydrogen) atoms. The van der Waals surface area contributed by atoms with Crippen molar-refractivity contribution in [2.24, 2.45) is 0 Å². The summed E-state index contributed by atoms with van der Waals surface area (Å²) in [6.45, 7) is 0. The second-order valence-electron chi connectivity index (χ2n) is 8.81. The van der Waals surface area contributed by atoms with E-state index in [9.17, 15) is 13.2 Å². The summed E-state index contributed by atoms with van der Waals surface area (Å²) in [7, 11) is 0. The lowest BCUT2D eigenvalue weighted by molar-refractivity contribution is -0.137. The number of furan rings is 1. The fourth-order valence-electron chi connectivity index (χ4n) is 4.45. The maximum Gasteiger partial charge on any atom is 0.416 e. The lowest BCUT2D eigenvalue weighted by atomic mass is 10.1. The van der Waals surface area contributed by atoms with Crippen LogP contribution >= 0.6 is 11.3 Å². The molecule has 10 heteroatoms. The van der Waals surface area contributed by atoms with Gasteiger partial charge in [-0.15, -0.1) is 10.2 Å². The van der Waals surface area contributed by atoms with Gasteiger partial charge in [0.05, 0.1) is 11.1 Å². The molecule has 0 bridgehead atoms. The van der Waals surface area contributed by atoms with Crippen LogP contribution in [0.3, 0.4) is 0 Å². The molecule has 0 atom stereocenters. The van der Waals surface area contributed by atoms with E-state index in [0.29, 0.717) is 33.6 Å². The molecule has 0 saturated heterocycles. The van der Waals surface area contributed by atoms with Crippen LogP contribution < -0.4 is 0 Å². The molecular weight excluding hydrogens is 523 g/mol. The van der Waals surface area contributed by atoms with Gasteiger partial charge in [-0.1, -0.05) is 72.0 Å². The summed E-state index contributed by atoms with van der Waals surface area (Å²) < 4.78 is 47.4. The van der Waals surface area contributed by atoms with Crippen LogP contribution in [0.15, 0.2) is 101 Å². The molecule has 0 aliphatic carbocycles. The van der Waals surface area contributed by atoms with Crippen molar-refractivity contribution < 1.29 is 17.6 Å². The van der Waals surface area contributed by atoms with E-state index in [1.54, 1.807) is 22.7 Å². The molecule has 7 rings (SSSR count). The molecule has 0 aliphatic rings. The second kappa shape index (κ2) is 8.88. The Hall–Kier alpha value is -4.83. The van der Waals surface area contributed by atoms with E-state index in [1.807, 2.05) is 60.7 Å². The van der Waals surface area contributed by atoms with E-state index >= 15 is 0 Å². The third-order valence-corrected chi connectivity index (χ3v) is 7.23. The quantitative estimate of drug-likeness (QED) is 0.227. The van der Waals surface area contributed by atoms with E-state index in [-0.39, 0.29) is 0 Å². The van der Waals surface area contributed by atoms with Gasteiger partial charge in [0.1, 0.15) is 16.5 Å². The maximum absolute atomic E-state index is 13.2. The summed E-state index contributed by atoms with van der Waals surface area (Å²) in [4.78, 5) is 5.42. The van der Waals surface area contributed by atoms with Gasteiger partial charge in [-0.3, -0.25) is 0 Å². The average molecular weight is 540 g/mol. The first kappa shape index (κ1) is 23.3. The molecule has 0 saturated carbocycles. The number of aromatic nitrogens is 5. The Labute approximate surface area is 223 Å². The number of hydrogen-bond donors (Lipinski definition) is 0. The van der Waals surface area contributed by atoms with Crippen LogP contribution in [0.4, 0.5) is 13.2 Å². The van der Waals surface area contributed by atoms with Crippen molar-refractivity contribution in [3.8, 4) is 44.7 Å². The standard InChI is InChI=1S/C29H16F3N5OS/c30-29(31,32)19-10-6-9-18(15-19)24-13-14-25(38-24)23-16-21(20-11-4-5-12-22(20)33-23)27-36-37-26(34-35-28(37)39-27)17-7-2-1-3-8-17/h1-16H. The molecule has 0 unspecified atom stereocenters. The van der Waals surface area contributed by atoms with Crippen LogP contribution in [0.2, 0.25) is 0 Å². The number of fused-ring (bicyclic) bond motifs is 2. The van der Waals surface area contributed by atoms with Crippen LogP contribution in [0.25, 0.3) is 60.6 Å². The normalized spacial score (nSPS) is 12.0. The molecule has 7 aromatic rings. The minimum atomic E-state index is -4.44. The van der Waals surface area contributed by atoms with E-state index in [0.717, 1.165) is 39.2 Å². The Morgan fingerprint density at radius 2 is 1.51 bits per heavy atom. The molecule has 0 N–H and O–H groups in total. The topological polar surface area (TPSA) is 69.1 Å². The van der Waals surface area contributed by atoms with Gasteiger partial charge in [-0.2, -0.15) is 22.8 Å². The summed E-state index contributed by atoms with van der Waals surface area (Å²) in [6, 6.07) is 27.7. The molecule has 3 aromatic carbocycles. The van der Waals surface area contributed by atoms with Crippen LogP contribution in [-0.4, -0.2) is 24.8 Å². The van der Waals surface area contributed by atoms with Crippen LogP contribution in [0, 0.1) is 0 Å². The first-order valence-electron chi connectivity index (χ1n) is 11.9. The molecule has 4 heterocycles. The van der Waals surface area contributed by atoms with Crippen molar-refractivity contribution in [2.45, 2.75) is 6.18 Å². The highest BCUT2D eigenvalue weighted by Gasteiger charge is 2.30. The van der Waals surface area contributed by atoms with E-state index in [2.05, 4.69) is 10.2 Å². The number of benzene rings is 3. The Morgan fingerprint density at radius 3 is 2.36 bits per heavy atom. The minimum Gasteiger partial charge on any atom is -0.454 e. The summed E-state index contributed by atoms with van der Waals surface area (Å²) in [5, 5.41) is 15.1. The number of rotatable bonds is 4. The van der Waals surface area contributed by atoms with Gasteiger partial charge >= 0.3 is 6.18 Å². The lowest BCUT2D eigenvalue weighted by Gasteiger charge is -2.08. The molecule has 0 fully saturated rings. The number of nitrogens with zero attached hydrogens (tertiary/aromatic N) is 5. The maximum atomic E-state index is 13.2. The van der Waals surface area contributed by atoms with Crippen molar-refractivity contribution in [3.05, 3.63) is 103 Å². The third kappa shape index (κ3) is 4.15. The Bertz CT molecular complexity index is 1970. The van der Waals surface area contributed by atoms with Crippen molar-refractivity contribution in [2.75, 3.05) is 0 Å². The minimum absolute atomic E-state index is 0.318.